The van der Waals surface area contributed by atoms with Crippen molar-refractivity contribution in [3.05, 3.63) is 34.9 Å². The molecule has 0 aromatic heterocycles. The van der Waals surface area contributed by atoms with Crippen molar-refractivity contribution in [1.29, 1.82) is 0 Å². The molecule has 0 atom stereocenters. The van der Waals surface area contributed by atoms with Crippen LogP contribution in [-0.4, -0.2) is 13.0 Å². The molecule has 88 valence electrons. The molecule has 1 N–H and O–H groups in total. The third-order valence-corrected chi connectivity index (χ3v) is 3.34. The molecule has 0 fully saturated rings. The predicted molar refractivity (Wildman–Crippen MR) is 67.9 cm³/mol. The fourth-order valence-corrected chi connectivity index (χ4v) is 1.83. The Hall–Kier alpha value is -1.31. The van der Waals surface area contributed by atoms with E-state index in [1.54, 1.807) is 7.05 Å². The molecule has 0 radical (unpaired) electrons. The Kier molecular flexibility index (Phi) is 3.74. The van der Waals surface area contributed by atoms with E-state index in [0.29, 0.717) is 0 Å². The van der Waals surface area contributed by atoms with Crippen molar-refractivity contribution in [3.63, 3.8) is 0 Å². The number of hydrogen-bond acceptors (Lipinski definition) is 1. The van der Waals surface area contributed by atoms with Crippen LogP contribution in [0.5, 0.6) is 0 Å². The lowest BCUT2D eigenvalue weighted by Crippen LogP contribution is -2.21. The molecule has 1 aromatic carbocycles. The second-order valence-electron chi connectivity index (χ2n) is 4.85. The van der Waals surface area contributed by atoms with Crippen LogP contribution < -0.4 is 5.32 Å². The summed E-state index contributed by atoms with van der Waals surface area (Å²) in [6, 6.07) is 5.92. The number of hydrogen-bond donors (Lipinski definition) is 1. The van der Waals surface area contributed by atoms with Crippen LogP contribution in [0.25, 0.3) is 0 Å². The van der Waals surface area contributed by atoms with Gasteiger partial charge in [0.25, 0.3) is 5.91 Å². The Morgan fingerprint density at radius 1 is 1.38 bits per heavy atom. The summed E-state index contributed by atoms with van der Waals surface area (Å²) in [5, 5.41) is 2.66. The molecular weight excluding hydrogens is 198 g/mol. The van der Waals surface area contributed by atoms with Crippen LogP contribution in [0.1, 0.15) is 48.7 Å². The van der Waals surface area contributed by atoms with Gasteiger partial charge in [-0.15, -0.1) is 0 Å². The summed E-state index contributed by atoms with van der Waals surface area (Å²) in [7, 11) is 1.66. The largest absolute Gasteiger partial charge is 0.355 e. The first kappa shape index (κ1) is 12.8. The van der Waals surface area contributed by atoms with Gasteiger partial charge in [0.2, 0.25) is 0 Å². The number of amides is 1. The third kappa shape index (κ3) is 2.43. The maximum absolute atomic E-state index is 11.6. The van der Waals surface area contributed by atoms with E-state index in [4.69, 9.17) is 0 Å². The van der Waals surface area contributed by atoms with Crippen molar-refractivity contribution in [2.45, 2.75) is 39.5 Å². The fraction of sp³-hybridized carbons (Fsp3) is 0.500. The second-order valence-corrected chi connectivity index (χ2v) is 4.85. The molecule has 0 spiro atoms. The van der Waals surface area contributed by atoms with Crippen molar-refractivity contribution in [3.8, 4) is 0 Å². The highest BCUT2D eigenvalue weighted by atomic mass is 16.1. The number of rotatable bonds is 3. The van der Waals surface area contributed by atoms with E-state index < -0.39 is 0 Å². The number of nitrogens with one attached hydrogen (secondary N) is 1. The Balaban J connectivity index is 3.24. The lowest BCUT2D eigenvalue weighted by molar-refractivity contribution is 0.0963. The van der Waals surface area contributed by atoms with Gasteiger partial charge in [0.1, 0.15) is 0 Å². The van der Waals surface area contributed by atoms with Crippen LogP contribution in [0.4, 0.5) is 0 Å². The predicted octanol–water partition coefficient (Wildman–Crippen LogP) is 3.04. The highest BCUT2D eigenvalue weighted by Crippen LogP contribution is 2.30. The molecule has 0 heterocycles. The summed E-state index contributed by atoms with van der Waals surface area (Å²) in [6.45, 7) is 8.69. The summed E-state index contributed by atoms with van der Waals surface area (Å²) in [5.41, 5.74) is 3.37. The molecule has 0 unspecified atom stereocenters. The Labute approximate surface area is 98.1 Å². The quantitative estimate of drug-likeness (QED) is 0.831. The zero-order valence-corrected chi connectivity index (χ0v) is 10.8. The van der Waals surface area contributed by atoms with E-state index in [1.807, 2.05) is 18.2 Å². The maximum Gasteiger partial charge on any atom is 0.251 e. The highest BCUT2D eigenvalue weighted by Gasteiger charge is 2.21. The summed E-state index contributed by atoms with van der Waals surface area (Å²) >= 11 is 0. The summed E-state index contributed by atoms with van der Waals surface area (Å²) in [5.74, 6) is -0.0202. The molecule has 0 aliphatic heterocycles. The second kappa shape index (κ2) is 4.69. The molecule has 1 amide bonds. The number of carbonyl (C=O) groups is 1. The van der Waals surface area contributed by atoms with Crippen LogP contribution in [0, 0.1) is 6.92 Å². The summed E-state index contributed by atoms with van der Waals surface area (Å²) in [6.07, 6.45) is 1.06. The van der Waals surface area contributed by atoms with E-state index in [0.717, 1.165) is 12.0 Å². The molecule has 16 heavy (non-hydrogen) atoms. The van der Waals surface area contributed by atoms with E-state index in [2.05, 4.69) is 33.0 Å². The van der Waals surface area contributed by atoms with Gasteiger partial charge in [0.05, 0.1) is 0 Å². The lowest BCUT2D eigenvalue weighted by atomic mass is 9.79. The topological polar surface area (TPSA) is 29.1 Å². The van der Waals surface area contributed by atoms with Gasteiger partial charge in [-0.05, 0) is 42.0 Å². The van der Waals surface area contributed by atoms with E-state index in [-0.39, 0.29) is 11.3 Å². The minimum Gasteiger partial charge on any atom is -0.355 e. The first-order chi connectivity index (χ1) is 7.42. The van der Waals surface area contributed by atoms with Crippen LogP contribution >= 0.6 is 0 Å². The zero-order valence-electron chi connectivity index (χ0n) is 10.8. The van der Waals surface area contributed by atoms with Gasteiger partial charge < -0.3 is 5.32 Å². The zero-order chi connectivity index (χ0) is 12.3. The average Bonchev–Trinajstić information content (AvgIpc) is 2.28. The van der Waals surface area contributed by atoms with Gasteiger partial charge in [-0.1, -0.05) is 26.8 Å². The Morgan fingerprint density at radius 2 is 2.00 bits per heavy atom. The number of benzene rings is 1. The SMILES string of the molecule is CCC(C)(C)c1cc(C(=O)NC)ccc1C. The van der Waals surface area contributed by atoms with Crippen LogP contribution in [-0.2, 0) is 5.41 Å². The maximum atomic E-state index is 11.6. The first-order valence-electron chi connectivity index (χ1n) is 5.75. The normalized spacial score (nSPS) is 11.3. The fourth-order valence-electron chi connectivity index (χ4n) is 1.83. The molecule has 0 aliphatic rings. The molecule has 2 nitrogen and oxygen atoms in total. The third-order valence-electron chi connectivity index (χ3n) is 3.34. The average molecular weight is 219 g/mol. The smallest absolute Gasteiger partial charge is 0.251 e. The van der Waals surface area contributed by atoms with Gasteiger partial charge in [0, 0.05) is 12.6 Å². The Bertz CT molecular complexity index is 394. The molecule has 0 saturated heterocycles. The van der Waals surface area contributed by atoms with Crippen LogP contribution in [0.15, 0.2) is 18.2 Å². The van der Waals surface area contributed by atoms with Gasteiger partial charge in [-0.3, -0.25) is 4.79 Å². The van der Waals surface area contributed by atoms with Gasteiger partial charge in [0.15, 0.2) is 0 Å². The van der Waals surface area contributed by atoms with Gasteiger partial charge in [-0.25, -0.2) is 0 Å². The molecule has 2 heteroatoms. The van der Waals surface area contributed by atoms with Crippen molar-refractivity contribution in [1.82, 2.24) is 5.32 Å². The minimum atomic E-state index is -0.0202. The standard InChI is InChI=1S/C14H21NO/c1-6-14(3,4)12-9-11(13(16)15-5)8-7-10(12)2/h7-9H,6H2,1-5H3,(H,15,16). The Morgan fingerprint density at radius 3 is 2.50 bits per heavy atom. The summed E-state index contributed by atoms with van der Waals surface area (Å²) in [4.78, 5) is 11.6. The van der Waals surface area contributed by atoms with Crippen molar-refractivity contribution in [2.75, 3.05) is 7.05 Å². The van der Waals surface area contributed by atoms with E-state index >= 15 is 0 Å². The monoisotopic (exact) mass is 219 g/mol. The first-order valence-corrected chi connectivity index (χ1v) is 5.75. The molecule has 1 rings (SSSR count). The van der Waals surface area contributed by atoms with Crippen molar-refractivity contribution in [2.24, 2.45) is 0 Å². The molecular formula is C14H21NO. The van der Waals surface area contributed by atoms with Crippen LogP contribution in [0.2, 0.25) is 0 Å². The van der Waals surface area contributed by atoms with E-state index in [1.165, 1.54) is 11.1 Å². The lowest BCUT2D eigenvalue weighted by Gasteiger charge is -2.26. The number of carbonyl (C=O) groups excluding carboxylic acids is 1. The molecule has 0 saturated carbocycles. The molecule has 0 aliphatic carbocycles. The van der Waals surface area contributed by atoms with Crippen molar-refractivity contribution >= 4 is 5.91 Å². The molecule has 1 aromatic rings. The molecule has 0 bridgehead atoms. The van der Waals surface area contributed by atoms with Gasteiger partial charge >= 0.3 is 0 Å². The summed E-state index contributed by atoms with van der Waals surface area (Å²) < 4.78 is 0. The van der Waals surface area contributed by atoms with Gasteiger partial charge in [-0.2, -0.15) is 0 Å². The van der Waals surface area contributed by atoms with E-state index in [9.17, 15) is 4.79 Å². The minimum absolute atomic E-state index is 0.0202. The van der Waals surface area contributed by atoms with Crippen LogP contribution in [0.3, 0.4) is 0 Å². The number of aryl methyl sites for hydroxylation is 1. The van der Waals surface area contributed by atoms with Crippen molar-refractivity contribution < 1.29 is 4.79 Å². The highest BCUT2D eigenvalue weighted by molar-refractivity contribution is 5.94.